The highest BCUT2D eigenvalue weighted by atomic mass is 32.1. The molecule has 0 aliphatic heterocycles. The average Bonchev–Trinajstić information content (AvgIpc) is 3.19. The molecule has 0 fully saturated rings. The van der Waals surface area contributed by atoms with Gasteiger partial charge >= 0.3 is 0 Å². The van der Waals surface area contributed by atoms with E-state index in [1.54, 1.807) is 12.1 Å². The Morgan fingerprint density at radius 3 is 2.60 bits per heavy atom. The highest BCUT2D eigenvalue weighted by molar-refractivity contribution is 7.20. The molecule has 0 saturated carbocycles. The molecule has 3 N–H and O–H groups in total. The number of aryl methyl sites for hydroxylation is 1. The molecule has 6 heteroatoms. The summed E-state index contributed by atoms with van der Waals surface area (Å²) in [7, 11) is 0. The van der Waals surface area contributed by atoms with Crippen LogP contribution in [-0.4, -0.2) is 15.7 Å². The van der Waals surface area contributed by atoms with Gasteiger partial charge in [0.1, 0.15) is 4.83 Å². The van der Waals surface area contributed by atoms with Crippen LogP contribution < -0.4 is 11.1 Å². The number of carbonyl (C=O) groups is 1. The van der Waals surface area contributed by atoms with Crippen LogP contribution in [0.1, 0.15) is 15.4 Å². The number of nitrogens with two attached hydrogens (primary N) is 1. The van der Waals surface area contributed by atoms with Gasteiger partial charge < -0.3 is 11.1 Å². The van der Waals surface area contributed by atoms with Gasteiger partial charge in [-0.3, -0.25) is 4.79 Å². The quantitative estimate of drug-likeness (QED) is 0.544. The number of fused-ring (bicyclic) bond motifs is 1. The molecule has 1 amide bonds. The van der Waals surface area contributed by atoms with Crippen molar-refractivity contribution in [2.24, 2.45) is 0 Å². The van der Waals surface area contributed by atoms with Crippen LogP contribution in [0.3, 0.4) is 0 Å². The van der Waals surface area contributed by atoms with Crippen molar-refractivity contribution >= 4 is 38.8 Å². The number of para-hydroxylation sites is 3. The standard InChI is InChI=1S/C19H16N4OS/c1-12-14-11-17(18(24)21-16-10-6-5-9-15(16)20)25-19(14)23(22-12)13-7-3-2-4-8-13/h2-11H,20H2,1H3,(H,21,24). The van der Waals surface area contributed by atoms with E-state index in [0.717, 1.165) is 21.6 Å². The van der Waals surface area contributed by atoms with Crippen LogP contribution in [0.25, 0.3) is 15.9 Å². The number of nitrogen functional groups attached to an aromatic ring is 1. The van der Waals surface area contributed by atoms with Gasteiger partial charge in [0.05, 0.1) is 27.6 Å². The molecule has 2 heterocycles. The molecule has 25 heavy (non-hydrogen) atoms. The fourth-order valence-electron chi connectivity index (χ4n) is 2.70. The summed E-state index contributed by atoms with van der Waals surface area (Å²) in [6.45, 7) is 1.95. The van der Waals surface area contributed by atoms with E-state index in [9.17, 15) is 4.79 Å². The molecule has 0 atom stereocenters. The predicted octanol–water partition coefficient (Wildman–Crippen LogP) is 4.23. The molecule has 2 aromatic carbocycles. The minimum absolute atomic E-state index is 0.168. The lowest BCUT2D eigenvalue weighted by Crippen LogP contribution is -2.11. The van der Waals surface area contributed by atoms with Crippen molar-refractivity contribution in [3.63, 3.8) is 0 Å². The third-order valence-corrected chi connectivity index (χ3v) is 5.09. The molecule has 0 bridgehead atoms. The van der Waals surface area contributed by atoms with Gasteiger partial charge in [-0.15, -0.1) is 11.3 Å². The summed E-state index contributed by atoms with van der Waals surface area (Å²) in [6.07, 6.45) is 0. The first-order valence-electron chi connectivity index (χ1n) is 7.84. The van der Waals surface area contributed by atoms with Crippen LogP contribution in [0.4, 0.5) is 11.4 Å². The van der Waals surface area contributed by atoms with Gasteiger partial charge in [0.15, 0.2) is 0 Å². The monoisotopic (exact) mass is 348 g/mol. The van der Waals surface area contributed by atoms with Crippen molar-refractivity contribution in [3.05, 3.63) is 71.2 Å². The summed E-state index contributed by atoms with van der Waals surface area (Å²) in [5, 5.41) is 8.45. The number of aromatic nitrogens is 2. The second-order valence-electron chi connectivity index (χ2n) is 5.70. The Morgan fingerprint density at radius 1 is 1.12 bits per heavy atom. The van der Waals surface area contributed by atoms with Crippen molar-refractivity contribution < 1.29 is 4.79 Å². The number of rotatable bonds is 3. The second kappa shape index (κ2) is 6.07. The maximum atomic E-state index is 12.6. The Labute approximate surface area is 148 Å². The topological polar surface area (TPSA) is 72.9 Å². The summed E-state index contributed by atoms with van der Waals surface area (Å²) in [5.74, 6) is -0.168. The molecule has 4 rings (SSSR count). The minimum atomic E-state index is -0.168. The number of hydrogen-bond donors (Lipinski definition) is 2. The van der Waals surface area contributed by atoms with Crippen molar-refractivity contribution in [1.29, 1.82) is 0 Å². The third-order valence-electron chi connectivity index (χ3n) is 3.98. The Morgan fingerprint density at radius 2 is 1.84 bits per heavy atom. The highest BCUT2D eigenvalue weighted by Crippen LogP contribution is 2.31. The van der Waals surface area contributed by atoms with Crippen LogP contribution in [0.15, 0.2) is 60.7 Å². The molecule has 2 aromatic heterocycles. The zero-order chi connectivity index (χ0) is 17.4. The normalized spacial score (nSPS) is 10.9. The fourth-order valence-corrected chi connectivity index (χ4v) is 3.78. The summed E-state index contributed by atoms with van der Waals surface area (Å²) in [4.78, 5) is 14.2. The third kappa shape index (κ3) is 2.77. The van der Waals surface area contributed by atoms with Crippen molar-refractivity contribution in [1.82, 2.24) is 9.78 Å². The first kappa shape index (κ1) is 15.4. The van der Waals surface area contributed by atoms with E-state index >= 15 is 0 Å². The molecule has 0 saturated heterocycles. The Kier molecular flexibility index (Phi) is 3.74. The highest BCUT2D eigenvalue weighted by Gasteiger charge is 2.17. The number of hydrogen-bond acceptors (Lipinski definition) is 4. The number of nitrogens with one attached hydrogen (secondary N) is 1. The minimum Gasteiger partial charge on any atom is -0.397 e. The summed E-state index contributed by atoms with van der Waals surface area (Å²) < 4.78 is 1.88. The summed E-state index contributed by atoms with van der Waals surface area (Å²) >= 11 is 1.42. The number of anilines is 2. The number of benzene rings is 2. The van der Waals surface area contributed by atoms with Crippen LogP contribution in [0.5, 0.6) is 0 Å². The van der Waals surface area contributed by atoms with E-state index in [1.807, 2.05) is 60.1 Å². The molecule has 0 spiro atoms. The van der Waals surface area contributed by atoms with E-state index in [-0.39, 0.29) is 5.91 Å². The predicted molar refractivity (Wildman–Crippen MR) is 102 cm³/mol. The van der Waals surface area contributed by atoms with Gasteiger partial charge in [0.25, 0.3) is 5.91 Å². The molecule has 124 valence electrons. The first-order chi connectivity index (χ1) is 12.1. The lowest BCUT2D eigenvalue weighted by atomic mass is 10.2. The molecular weight excluding hydrogens is 332 g/mol. The second-order valence-corrected chi connectivity index (χ2v) is 6.73. The maximum absolute atomic E-state index is 12.6. The molecule has 4 aromatic rings. The molecular formula is C19H16N4OS. The summed E-state index contributed by atoms with van der Waals surface area (Å²) in [6, 6.07) is 19.0. The SMILES string of the molecule is Cc1nn(-c2ccccc2)c2sc(C(=O)Nc3ccccc3N)cc12. The molecule has 5 nitrogen and oxygen atoms in total. The van der Waals surface area contributed by atoms with Gasteiger partial charge in [-0.1, -0.05) is 30.3 Å². The van der Waals surface area contributed by atoms with Crippen LogP contribution >= 0.6 is 11.3 Å². The smallest absolute Gasteiger partial charge is 0.265 e. The lowest BCUT2D eigenvalue weighted by Gasteiger charge is -2.06. The van der Waals surface area contributed by atoms with Gasteiger partial charge in [-0.2, -0.15) is 5.10 Å². The molecule has 0 radical (unpaired) electrons. The van der Waals surface area contributed by atoms with Crippen molar-refractivity contribution in [2.75, 3.05) is 11.1 Å². The van der Waals surface area contributed by atoms with Gasteiger partial charge in [0, 0.05) is 5.39 Å². The Balaban J connectivity index is 1.72. The lowest BCUT2D eigenvalue weighted by molar-refractivity contribution is 0.103. The van der Waals surface area contributed by atoms with Crippen molar-refractivity contribution in [2.45, 2.75) is 6.92 Å². The molecule has 0 unspecified atom stereocenters. The van der Waals surface area contributed by atoms with E-state index < -0.39 is 0 Å². The van der Waals surface area contributed by atoms with Crippen LogP contribution in [-0.2, 0) is 0 Å². The van der Waals surface area contributed by atoms with E-state index in [2.05, 4.69) is 10.4 Å². The number of thiophene rings is 1. The Hall–Kier alpha value is -3.12. The zero-order valence-corrected chi connectivity index (χ0v) is 14.4. The number of amides is 1. The first-order valence-corrected chi connectivity index (χ1v) is 8.65. The zero-order valence-electron chi connectivity index (χ0n) is 13.6. The Bertz CT molecular complexity index is 1070. The fraction of sp³-hybridized carbons (Fsp3) is 0.0526. The molecule has 0 aliphatic rings. The number of nitrogens with zero attached hydrogens (tertiary/aromatic N) is 2. The largest absolute Gasteiger partial charge is 0.397 e. The van der Waals surface area contributed by atoms with Crippen LogP contribution in [0.2, 0.25) is 0 Å². The maximum Gasteiger partial charge on any atom is 0.265 e. The summed E-state index contributed by atoms with van der Waals surface area (Å²) in [5.41, 5.74) is 8.93. The van der Waals surface area contributed by atoms with E-state index in [0.29, 0.717) is 16.3 Å². The van der Waals surface area contributed by atoms with Gasteiger partial charge in [-0.25, -0.2) is 4.68 Å². The molecule has 0 aliphatic carbocycles. The average molecular weight is 348 g/mol. The van der Waals surface area contributed by atoms with E-state index in [1.165, 1.54) is 11.3 Å². The van der Waals surface area contributed by atoms with Gasteiger partial charge in [0.2, 0.25) is 0 Å². The van der Waals surface area contributed by atoms with E-state index in [4.69, 9.17) is 5.73 Å². The van der Waals surface area contributed by atoms with Crippen molar-refractivity contribution in [3.8, 4) is 5.69 Å². The number of carbonyl (C=O) groups excluding carboxylic acids is 1. The van der Waals surface area contributed by atoms with Gasteiger partial charge in [-0.05, 0) is 37.3 Å². The van der Waals surface area contributed by atoms with Crippen LogP contribution in [0, 0.1) is 6.92 Å².